The minimum atomic E-state index is -4.32. The highest BCUT2D eigenvalue weighted by Gasteiger charge is 2.31. The van der Waals surface area contributed by atoms with E-state index in [1.165, 1.54) is 6.07 Å². The Morgan fingerprint density at radius 1 is 1.12 bits per heavy atom. The van der Waals surface area contributed by atoms with Crippen molar-refractivity contribution in [3.8, 4) is 0 Å². The summed E-state index contributed by atoms with van der Waals surface area (Å²) in [5, 5.41) is 0. The van der Waals surface area contributed by atoms with E-state index in [1.807, 2.05) is 25.3 Å². The van der Waals surface area contributed by atoms with E-state index < -0.39 is 11.7 Å². The Morgan fingerprint density at radius 3 is 2.29 bits per heavy atom. The van der Waals surface area contributed by atoms with Crippen molar-refractivity contribution in [2.45, 2.75) is 32.5 Å². The molecular weight excluding hydrogens is 229 g/mol. The Labute approximate surface area is 97.1 Å². The third-order valence-corrected chi connectivity index (χ3v) is 2.60. The molecule has 0 unspecified atom stereocenters. The smallest absolute Gasteiger partial charge is 0.325 e. The van der Waals surface area contributed by atoms with Crippen LogP contribution in [0.25, 0.3) is 11.0 Å². The fourth-order valence-electron chi connectivity index (χ4n) is 1.72. The van der Waals surface area contributed by atoms with Gasteiger partial charge in [-0.1, -0.05) is 0 Å². The van der Waals surface area contributed by atoms with E-state index in [0.29, 0.717) is 11.0 Å². The van der Waals surface area contributed by atoms with Crippen LogP contribution in [0.4, 0.5) is 13.2 Å². The predicted molar refractivity (Wildman–Crippen MR) is 59.7 cm³/mol. The first-order chi connectivity index (χ1) is 7.69. The minimum absolute atomic E-state index is 0.200. The third kappa shape index (κ3) is 2.14. The maximum Gasteiger partial charge on any atom is 0.416 e. The molecule has 0 bridgehead atoms. The number of aromatic nitrogens is 2. The van der Waals surface area contributed by atoms with Gasteiger partial charge in [-0.15, -0.1) is 0 Å². The number of halogens is 3. The fourth-order valence-corrected chi connectivity index (χ4v) is 1.72. The Kier molecular flexibility index (Phi) is 2.45. The second kappa shape index (κ2) is 3.48. The first-order valence-corrected chi connectivity index (χ1v) is 5.24. The van der Waals surface area contributed by atoms with E-state index in [-0.39, 0.29) is 5.54 Å². The molecule has 0 aliphatic carbocycles. The normalized spacial score (nSPS) is 13.3. The standard InChI is InChI=1S/C12H13F3N2/c1-11(2,3)17-7-16-9-6-8(12(13,14)15)4-5-10(9)17/h4-7H,1-3H3. The van der Waals surface area contributed by atoms with E-state index in [0.717, 1.165) is 12.1 Å². The number of alkyl halides is 3. The number of hydrogen-bond acceptors (Lipinski definition) is 1. The van der Waals surface area contributed by atoms with Gasteiger partial charge in [-0.3, -0.25) is 0 Å². The van der Waals surface area contributed by atoms with Crippen LogP contribution in [0.15, 0.2) is 24.5 Å². The fraction of sp³-hybridized carbons (Fsp3) is 0.417. The molecule has 0 aliphatic heterocycles. The van der Waals surface area contributed by atoms with Gasteiger partial charge in [0, 0.05) is 5.54 Å². The van der Waals surface area contributed by atoms with Crippen LogP contribution < -0.4 is 0 Å². The SMILES string of the molecule is CC(C)(C)n1cnc2cc(C(F)(F)F)ccc21. The van der Waals surface area contributed by atoms with Gasteiger partial charge in [-0.25, -0.2) is 4.98 Å². The van der Waals surface area contributed by atoms with Crippen LogP contribution in [0, 0.1) is 0 Å². The summed E-state index contributed by atoms with van der Waals surface area (Å²) in [5.41, 5.74) is 0.221. The molecule has 1 aromatic carbocycles. The van der Waals surface area contributed by atoms with Crippen LogP contribution in [-0.2, 0) is 11.7 Å². The van der Waals surface area contributed by atoms with Gasteiger partial charge in [0.1, 0.15) is 0 Å². The predicted octanol–water partition coefficient (Wildman–Crippen LogP) is 3.81. The number of benzene rings is 1. The Balaban J connectivity index is 2.61. The summed E-state index contributed by atoms with van der Waals surface area (Å²) in [5.74, 6) is 0. The quantitative estimate of drug-likeness (QED) is 0.686. The lowest BCUT2D eigenvalue weighted by Gasteiger charge is -2.21. The molecule has 2 rings (SSSR count). The number of hydrogen-bond donors (Lipinski definition) is 0. The highest BCUT2D eigenvalue weighted by molar-refractivity contribution is 5.76. The lowest BCUT2D eigenvalue weighted by molar-refractivity contribution is -0.137. The summed E-state index contributed by atoms with van der Waals surface area (Å²) >= 11 is 0. The van der Waals surface area contributed by atoms with Crippen molar-refractivity contribution >= 4 is 11.0 Å². The first-order valence-electron chi connectivity index (χ1n) is 5.24. The molecule has 0 saturated heterocycles. The third-order valence-electron chi connectivity index (χ3n) is 2.60. The van der Waals surface area contributed by atoms with E-state index in [1.54, 1.807) is 6.33 Å². The number of fused-ring (bicyclic) bond motifs is 1. The maximum absolute atomic E-state index is 12.5. The number of rotatable bonds is 0. The van der Waals surface area contributed by atoms with Crippen molar-refractivity contribution in [2.75, 3.05) is 0 Å². The first kappa shape index (κ1) is 12.0. The van der Waals surface area contributed by atoms with Crippen molar-refractivity contribution in [1.82, 2.24) is 9.55 Å². The molecule has 0 N–H and O–H groups in total. The highest BCUT2D eigenvalue weighted by Crippen LogP contribution is 2.32. The van der Waals surface area contributed by atoms with Crippen LogP contribution in [0.3, 0.4) is 0 Å². The molecule has 0 aliphatic rings. The molecule has 17 heavy (non-hydrogen) atoms. The minimum Gasteiger partial charge on any atom is -0.325 e. The van der Waals surface area contributed by atoms with E-state index in [2.05, 4.69) is 4.98 Å². The summed E-state index contributed by atoms with van der Waals surface area (Å²) in [4.78, 5) is 4.02. The lowest BCUT2D eigenvalue weighted by Crippen LogP contribution is -2.20. The van der Waals surface area contributed by atoms with Gasteiger partial charge in [-0.2, -0.15) is 13.2 Å². The van der Waals surface area contributed by atoms with Crippen LogP contribution in [-0.4, -0.2) is 9.55 Å². The van der Waals surface area contributed by atoms with Crippen LogP contribution >= 0.6 is 0 Å². The maximum atomic E-state index is 12.5. The second-order valence-electron chi connectivity index (χ2n) is 4.99. The summed E-state index contributed by atoms with van der Waals surface area (Å²) in [6, 6.07) is 3.64. The highest BCUT2D eigenvalue weighted by atomic mass is 19.4. The molecule has 0 atom stereocenters. The molecule has 1 heterocycles. The molecule has 92 valence electrons. The summed E-state index contributed by atoms with van der Waals surface area (Å²) in [7, 11) is 0. The molecule has 2 nitrogen and oxygen atoms in total. The molecule has 0 radical (unpaired) electrons. The van der Waals surface area contributed by atoms with Crippen molar-refractivity contribution in [3.05, 3.63) is 30.1 Å². The van der Waals surface area contributed by atoms with Gasteiger partial charge < -0.3 is 4.57 Å². The van der Waals surface area contributed by atoms with Gasteiger partial charge in [0.05, 0.1) is 22.9 Å². The Bertz CT molecular complexity index is 547. The van der Waals surface area contributed by atoms with Gasteiger partial charge >= 0.3 is 6.18 Å². The van der Waals surface area contributed by atoms with Crippen LogP contribution in [0.1, 0.15) is 26.3 Å². The van der Waals surface area contributed by atoms with Gasteiger partial charge in [0.15, 0.2) is 0 Å². The molecule has 2 aromatic rings. The van der Waals surface area contributed by atoms with E-state index in [4.69, 9.17) is 0 Å². The van der Waals surface area contributed by atoms with Crippen molar-refractivity contribution in [3.63, 3.8) is 0 Å². The molecular formula is C12H13F3N2. The zero-order chi connectivity index (χ0) is 12.8. The van der Waals surface area contributed by atoms with Crippen molar-refractivity contribution in [2.24, 2.45) is 0 Å². The van der Waals surface area contributed by atoms with Crippen LogP contribution in [0.2, 0.25) is 0 Å². The molecule has 1 aromatic heterocycles. The average Bonchev–Trinajstić information content (AvgIpc) is 2.57. The monoisotopic (exact) mass is 242 g/mol. The van der Waals surface area contributed by atoms with Gasteiger partial charge in [0.25, 0.3) is 0 Å². The van der Waals surface area contributed by atoms with E-state index >= 15 is 0 Å². The summed E-state index contributed by atoms with van der Waals surface area (Å²) < 4.78 is 39.4. The summed E-state index contributed by atoms with van der Waals surface area (Å²) in [6.45, 7) is 5.93. The van der Waals surface area contributed by atoms with Crippen LogP contribution in [0.5, 0.6) is 0 Å². The zero-order valence-electron chi connectivity index (χ0n) is 9.84. The Hall–Kier alpha value is -1.52. The molecule has 5 heteroatoms. The van der Waals surface area contributed by atoms with Gasteiger partial charge in [0.2, 0.25) is 0 Å². The average molecular weight is 242 g/mol. The topological polar surface area (TPSA) is 17.8 Å². The molecule has 0 saturated carbocycles. The van der Waals surface area contributed by atoms with Gasteiger partial charge in [-0.05, 0) is 39.0 Å². The van der Waals surface area contributed by atoms with E-state index in [9.17, 15) is 13.2 Å². The molecule has 0 spiro atoms. The molecule has 0 fully saturated rings. The lowest BCUT2D eigenvalue weighted by atomic mass is 10.1. The zero-order valence-corrected chi connectivity index (χ0v) is 9.84. The Morgan fingerprint density at radius 2 is 1.76 bits per heavy atom. The largest absolute Gasteiger partial charge is 0.416 e. The van der Waals surface area contributed by atoms with Crippen molar-refractivity contribution < 1.29 is 13.2 Å². The molecule has 0 amide bonds. The van der Waals surface area contributed by atoms with Crippen molar-refractivity contribution in [1.29, 1.82) is 0 Å². The summed E-state index contributed by atoms with van der Waals surface area (Å²) in [6.07, 6.45) is -2.75. The second-order valence-corrected chi connectivity index (χ2v) is 4.99. The number of imidazole rings is 1. The number of nitrogens with zero attached hydrogens (tertiary/aromatic N) is 2.